The van der Waals surface area contributed by atoms with Gasteiger partial charge in [0.1, 0.15) is 17.1 Å². The summed E-state index contributed by atoms with van der Waals surface area (Å²) in [6.45, 7) is 7.26. The highest BCUT2D eigenvalue weighted by Crippen LogP contribution is 2.34. The van der Waals surface area contributed by atoms with Gasteiger partial charge in [-0.1, -0.05) is 48.5 Å². The van der Waals surface area contributed by atoms with Gasteiger partial charge in [0.25, 0.3) is 5.91 Å². The maximum Gasteiger partial charge on any atom is 0.328 e. The number of aryl methyl sites for hydroxylation is 2. The lowest BCUT2D eigenvalue weighted by atomic mass is 9.92. The van der Waals surface area contributed by atoms with Gasteiger partial charge < -0.3 is 24.8 Å². The van der Waals surface area contributed by atoms with Gasteiger partial charge in [0.05, 0.1) is 20.6 Å². The van der Waals surface area contributed by atoms with E-state index in [9.17, 15) is 24.4 Å². The van der Waals surface area contributed by atoms with E-state index in [1.54, 1.807) is 19.1 Å². The summed E-state index contributed by atoms with van der Waals surface area (Å²) in [7, 11) is -1.40. The van der Waals surface area contributed by atoms with Crippen molar-refractivity contribution in [3.05, 3.63) is 99.6 Å². The van der Waals surface area contributed by atoms with Gasteiger partial charge in [-0.25, -0.2) is 4.79 Å². The SMILES string of the molecule is CCOC(=O)C(Cc1ccccc1)NC(=O)c1cc(Cc2c(C)cc(C(C)(O)[PH2]=O)cc2C)ccc1O. The summed E-state index contributed by atoms with van der Waals surface area (Å²) in [5, 5.41) is 22.2. The number of rotatable bonds is 10. The fourth-order valence-corrected chi connectivity index (χ4v) is 4.54. The molecule has 0 bridgehead atoms. The molecule has 8 heteroatoms. The van der Waals surface area contributed by atoms with Crippen molar-refractivity contribution >= 4 is 20.3 Å². The summed E-state index contributed by atoms with van der Waals surface area (Å²) in [5.41, 5.74) is 5.17. The highest BCUT2D eigenvalue weighted by Gasteiger charge is 2.25. The van der Waals surface area contributed by atoms with Gasteiger partial charge in [0.2, 0.25) is 0 Å². The molecule has 0 spiro atoms. The first kappa shape index (κ1) is 28.2. The number of aromatic hydroxyl groups is 1. The fourth-order valence-electron chi connectivity index (χ4n) is 4.23. The third kappa shape index (κ3) is 7.09. The third-order valence-corrected chi connectivity index (χ3v) is 7.15. The third-order valence-electron chi connectivity index (χ3n) is 6.36. The first-order chi connectivity index (χ1) is 17.6. The van der Waals surface area contributed by atoms with Gasteiger partial charge in [-0.15, -0.1) is 0 Å². The minimum absolute atomic E-state index is 0.0599. The van der Waals surface area contributed by atoms with E-state index < -0.39 is 31.7 Å². The van der Waals surface area contributed by atoms with Crippen LogP contribution in [-0.2, 0) is 32.3 Å². The van der Waals surface area contributed by atoms with Crippen LogP contribution in [0.5, 0.6) is 5.75 Å². The van der Waals surface area contributed by atoms with Crippen LogP contribution in [0.25, 0.3) is 0 Å². The standard InChI is InChI=1S/C29H34NO6P/c1-5-36-28(33)25(17-20-9-7-6-8-10-20)30-27(32)24-16-21(11-12-26(24)31)15-23-18(2)13-22(14-19(23)3)29(4,34)37-35/h6-14,16,25,31,34H,5,15,17,37H2,1-4H3,(H,30,32). The lowest BCUT2D eigenvalue weighted by molar-refractivity contribution is -0.145. The zero-order chi connectivity index (χ0) is 27.2. The summed E-state index contributed by atoms with van der Waals surface area (Å²) in [5.74, 6) is -1.31. The second-order valence-corrected chi connectivity index (χ2v) is 10.7. The summed E-state index contributed by atoms with van der Waals surface area (Å²) in [6, 6.07) is 16.9. The van der Waals surface area contributed by atoms with E-state index in [1.807, 2.05) is 56.3 Å². The number of aliphatic hydroxyl groups is 1. The molecule has 3 atom stereocenters. The molecule has 3 N–H and O–H groups in total. The van der Waals surface area contributed by atoms with E-state index in [1.165, 1.54) is 13.0 Å². The molecule has 0 aromatic heterocycles. The molecular formula is C29H34NO6P. The normalized spacial score (nSPS) is 13.8. The molecule has 0 saturated heterocycles. The van der Waals surface area contributed by atoms with Gasteiger partial charge in [-0.2, -0.15) is 0 Å². The van der Waals surface area contributed by atoms with Crippen LogP contribution in [0.3, 0.4) is 0 Å². The number of esters is 1. The highest BCUT2D eigenvalue weighted by atomic mass is 31.1. The van der Waals surface area contributed by atoms with Crippen molar-refractivity contribution in [2.24, 2.45) is 0 Å². The number of phenols is 1. The quantitative estimate of drug-likeness (QED) is 0.268. The summed E-state index contributed by atoms with van der Waals surface area (Å²) in [4.78, 5) is 25.7. The van der Waals surface area contributed by atoms with Crippen LogP contribution in [0.4, 0.5) is 0 Å². The molecule has 0 aliphatic carbocycles. The van der Waals surface area contributed by atoms with E-state index >= 15 is 0 Å². The lowest BCUT2D eigenvalue weighted by Gasteiger charge is -2.21. The number of ether oxygens (including phenoxy) is 1. The Kier molecular flexibility index (Phi) is 9.30. The van der Waals surface area contributed by atoms with Crippen molar-refractivity contribution in [3.8, 4) is 5.75 Å². The second kappa shape index (κ2) is 12.2. The molecule has 3 unspecified atom stereocenters. The van der Waals surface area contributed by atoms with Crippen LogP contribution in [-0.4, -0.2) is 34.7 Å². The second-order valence-electron chi connectivity index (χ2n) is 9.35. The van der Waals surface area contributed by atoms with Crippen molar-refractivity contribution in [3.63, 3.8) is 0 Å². The predicted octanol–water partition coefficient (Wildman–Crippen LogP) is 4.43. The Morgan fingerprint density at radius 2 is 1.68 bits per heavy atom. The number of hydrogen-bond acceptors (Lipinski definition) is 6. The number of hydrogen-bond donors (Lipinski definition) is 3. The summed E-state index contributed by atoms with van der Waals surface area (Å²) in [6.07, 6.45) is 0.738. The summed E-state index contributed by atoms with van der Waals surface area (Å²) >= 11 is 0. The molecule has 0 aliphatic heterocycles. The van der Waals surface area contributed by atoms with Gasteiger partial charge in [-0.3, -0.25) is 4.79 Å². The van der Waals surface area contributed by atoms with Crippen LogP contribution in [0.1, 0.15) is 57.6 Å². The zero-order valence-electron chi connectivity index (χ0n) is 21.6. The maximum absolute atomic E-state index is 13.2. The van der Waals surface area contributed by atoms with Crippen LogP contribution < -0.4 is 5.32 Å². The van der Waals surface area contributed by atoms with Crippen LogP contribution in [0, 0.1) is 13.8 Å². The van der Waals surface area contributed by atoms with E-state index in [0.29, 0.717) is 12.0 Å². The Morgan fingerprint density at radius 1 is 1.03 bits per heavy atom. The Morgan fingerprint density at radius 3 is 2.27 bits per heavy atom. The van der Waals surface area contributed by atoms with Crippen LogP contribution in [0.15, 0.2) is 60.7 Å². The van der Waals surface area contributed by atoms with Crippen molar-refractivity contribution in [2.75, 3.05) is 6.61 Å². The monoisotopic (exact) mass is 523 g/mol. The molecule has 0 saturated carbocycles. The first-order valence-corrected chi connectivity index (χ1v) is 13.2. The molecule has 1 amide bonds. The minimum atomic E-state index is -1.40. The largest absolute Gasteiger partial charge is 0.507 e. The fraction of sp³-hybridized carbons (Fsp3) is 0.310. The van der Waals surface area contributed by atoms with E-state index in [2.05, 4.69) is 5.32 Å². The van der Waals surface area contributed by atoms with E-state index in [0.717, 1.165) is 27.8 Å². The number of phenolic OH excluding ortho intramolecular Hbond substituents is 1. The van der Waals surface area contributed by atoms with Gasteiger partial charge >= 0.3 is 5.97 Å². The molecule has 196 valence electrons. The van der Waals surface area contributed by atoms with E-state index in [-0.39, 0.29) is 24.3 Å². The Hall–Kier alpha value is -3.41. The molecule has 3 aromatic rings. The van der Waals surface area contributed by atoms with Crippen molar-refractivity contribution < 1.29 is 29.1 Å². The van der Waals surface area contributed by atoms with Crippen molar-refractivity contribution in [2.45, 2.75) is 51.9 Å². The Labute approximate surface area is 218 Å². The van der Waals surface area contributed by atoms with Crippen LogP contribution in [0.2, 0.25) is 0 Å². The minimum Gasteiger partial charge on any atom is -0.507 e. The molecule has 37 heavy (non-hydrogen) atoms. The molecule has 0 heterocycles. The number of amides is 1. The number of carbonyl (C=O) groups excluding carboxylic acids is 2. The smallest absolute Gasteiger partial charge is 0.328 e. The highest BCUT2D eigenvalue weighted by molar-refractivity contribution is 7.25. The lowest BCUT2D eigenvalue weighted by Crippen LogP contribution is -2.43. The molecular weight excluding hydrogens is 489 g/mol. The average molecular weight is 524 g/mol. The van der Waals surface area contributed by atoms with Gasteiger partial charge in [0.15, 0.2) is 0 Å². The number of benzene rings is 3. The molecule has 3 aromatic carbocycles. The average Bonchev–Trinajstić information content (AvgIpc) is 2.87. The molecule has 0 radical (unpaired) electrons. The van der Waals surface area contributed by atoms with Crippen LogP contribution >= 0.6 is 8.46 Å². The first-order valence-electron chi connectivity index (χ1n) is 12.2. The number of carbonyl (C=O) groups is 2. The van der Waals surface area contributed by atoms with Crippen molar-refractivity contribution in [1.82, 2.24) is 5.32 Å². The Bertz CT molecular complexity index is 1270. The molecule has 7 nitrogen and oxygen atoms in total. The molecule has 0 aliphatic rings. The van der Waals surface area contributed by atoms with Crippen molar-refractivity contribution in [1.29, 1.82) is 0 Å². The maximum atomic E-state index is 13.2. The van der Waals surface area contributed by atoms with Gasteiger partial charge in [0, 0.05) is 6.42 Å². The summed E-state index contributed by atoms with van der Waals surface area (Å²) < 4.78 is 16.6. The topological polar surface area (TPSA) is 113 Å². The number of nitrogens with one attached hydrogen (secondary N) is 1. The van der Waals surface area contributed by atoms with E-state index in [4.69, 9.17) is 4.74 Å². The Balaban J connectivity index is 1.86. The molecule has 0 fully saturated rings. The molecule has 3 rings (SSSR count). The zero-order valence-corrected chi connectivity index (χ0v) is 22.7. The van der Waals surface area contributed by atoms with Gasteiger partial charge in [-0.05, 0) is 79.6 Å². The predicted molar refractivity (Wildman–Crippen MR) is 145 cm³/mol.